The lowest BCUT2D eigenvalue weighted by molar-refractivity contribution is 0.103. The van der Waals surface area contributed by atoms with Crippen molar-refractivity contribution >= 4 is 28.6 Å². The van der Waals surface area contributed by atoms with E-state index < -0.39 is 0 Å². The number of para-hydroxylation sites is 2. The fourth-order valence-corrected chi connectivity index (χ4v) is 3.65. The number of thiophene rings is 1. The van der Waals surface area contributed by atoms with E-state index >= 15 is 0 Å². The maximum Gasteiger partial charge on any atom is 0.265 e. The third-order valence-corrected chi connectivity index (χ3v) is 5.44. The van der Waals surface area contributed by atoms with Crippen molar-refractivity contribution in [2.75, 3.05) is 18.2 Å². The molecule has 2 heterocycles. The summed E-state index contributed by atoms with van der Waals surface area (Å²) in [7, 11) is 1.64. The molecule has 8 heteroatoms. The lowest BCUT2D eigenvalue weighted by Gasteiger charge is -2.06. The SMILES string of the molecule is COc1ccc(Cn2cc(-c3ccc(C(=O)Nc4ccccc4N)s3)nn2)cc1. The number of anilines is 2. The van der Waals surface area contributed by atoms with Crippen LogP contribution in [0.1, 0.15) is 15.2 Å². The summed E-state index contributed by atoms with van der Waals surface area (Å²) in [6.45, 7) is 0.600. The van der Waals surface area contributed by atoms with Crippen molar-refractivity contribution in [3.63, 3.8) is 0 Å². The number of carbonyl (C=O) groups excluding carboxylic acids is 1. The van der Waals surface area contributed by atoms with Gasteiger partial charge in [-0.05, 0) is 42.0 Å². The number of hydrogen-bond donors (Lipinski definition) is 2. The van der Waals surface area contributed by atoms with Gasteiger partial charge in [0.25, 0.3) is 5.91 Å². The number of benzene rings is 2. The molecule has 0 aliphatic rings. The Morgan fingerprint density at radius 3 is 2.69 bits per heavy atom. The van der Waals surface area contributed by atoms with Crippen molar-refractivity contribution in [1.82, 2.24) is 15.0 Å². The number of aromatic nitrogens is 3. The average molecular weight is 405 g/mol. The van der Waals surface area contributed by atoms with E-state index in [4.69, 9.17) is 10.5 Å². The second-order valence-corrected chi connectivity index (χ2v) is 7.44. The van der Waals surface area contributed by atoms with Crippen LogP contribution < -0.4 is 15.8 Å². The molecular formula is C21H19N5O2S. The summed E-state index contributed by atoms with van der Waals surface area (Å²) < 4.78 is 6.94. The monoisotopic (exact) mass is 405 g/mol. The molecule has 2 aromatic carbocycles. The lowest BCUT2D eigenvalue weighted by Crippen LogP contribution is -2.11. The smallest absolute Gasteiger partial charge is 0.265 e. The lowest BCUT2D eigenvalue weighted by atomic mass is 10.2. The quantitative estimate of drug-likeness (QED) is 0.475. The zero-order valence-electron chi connectivity index (χ0n) is 15.7. The molecule has 0 unspecified atom stereocenters. The molecule has 0 fully saturated rings. The van der Waals surface area contributed by atoms with Crippen LogP contribution in [0.2, 0.25) is 0 Å². The molecule has 29 heavy (non-hydrogen) atoms. The Morgan fingerprint density at radius 2 is 1.93 bits per heavy atom. The number of hydrogen-bond acceptors (Lipinski definition) is 6. The first-order chi connectivity index (χ1) is 14.1. The fourth-order valence-electron chi connectivity index (χ4n) is 2.80. The van der Waals surface area contributed by atoms with E-state index in [-0.39, 0.29) is 5.91 Å². The third kappa shape index (κ3) is 4.27. The second kappa shape index (κ2) is 8.15. The van der Waals surface area contributed by atoms with Crippen LogP contribution >= 0.6 is 11.3 Å². The Morgan fingerprint density at radius 1 is 1.14 bits per heavy atom. The normalized spacial score (nSPS) is 10.7. The highest BCUT2D eigenvalue weighted by Crippen LogP contribution is 2.28. The maximum absolute atomic E-state index is 12.5. The van der Waals surface area contributed by atoms with Crippen molar-refractivity contribution in [2.24, 2.45) is 0 Å². The standard InChI is InChI=1S/C21H19N5O2S/c1-28-15-8-6-14(7-9-15)12-26-13-18(24-25-26)19-10-11-20(29-19)21(27)23-17-5-3-2-4-16(17)22/h2-11,13H,12,22H2,1H3,(H,23,27). The van der Waals surface area contributed by atoms with E-state index in [9.17, 15) is 4.79 Å². The number of nitrogens with one attached hydrogen (secondary N) is 1. The van der Waals surface area contributed by atoms with Gasteiger partial charge in [-0.3, -0.25) is 4.79 Å². The summed E-state index contributed by atoms with van der Waals surface area (Å²) in [5.41, 5.74) is 8.82. The van der Waals surface area contributed by atoms with Gasteiger partial charge in [-0.15, -0.1) is 16.4 Å². The molecule has 0 atom stereocenters. The van der Waals surface area contributed by atoms with Crippen LogP contribution in [0.4, 0.5) is 11.4 Å². The highest BCUT2D eigenvalue weighted by atomic mass is 32.1. The zero-order valence-corrected chi connectivity index (χ0v) is 16.5. The Balaban J connectivity index is 1.45. The fraction of sp³-hybridized carbons (Fsp3) is 0.0952. The first kappa shape index (κ1) is 18.7. The zero-order chi connectivity index (χ0) is 20.2. The van der Waals surface area contributed by atoms with Crippen molar-refractivity contribution < 1.29 is 9.53 Å². The number of nitrogen functional groups attached to an aromatic ring is 1. The van der Waals surface area contributed by atoms with Gasteiger partial charge in [0.2, 0.25) is 0 Å². The Labute approximate surface area is 171 Å². The predicted octanol–water partition coefficient (Wildman–Crippen LogP) is 3.90. The first-order valence-corrected chi connectivity index (χ1v) is 9.73. The molecule has 0 radical (unpaired) electrons. The molecule has 7 nitrogen and oxygen atoms in total. The number of amides is 1. The molecule has 3 N–H and O–H groups in total. The van der Waals surface area contributed by atoms with E-state index in [0.29, 0.717) is 22.8 Å². The van der Waals surface area contributed by atoms with Gasteiger partial charge in [0.15, 0.2) is 0 Å². The van der Waals surface area contributed by atoms with Crippen LogP contribution in [-0.4, -0.2) is 28.0 Å². The summed E-state index contributed by atoms with van der Waals surface area (Å²) in [6.07, 6.45) is 1.87. The molecule has 0 aliphatic carbocycles. The Hall–Kier alpha value is -3.65. The number of carbonyl (C=O) groups is 1. The topological polar surface area (TPSA) is 95.1 Å². The van der Waals surface area contributed by atoms with Gasteiger partial charge >= 0.3 is 0 Å². The van der Waals surface area contributed by atoms with Crippen LogP contribution in [0.3, 0.4) is 0 Å². The van der Waals surface area contributed by atoms with E-state index in [0.717, 1.165) is 21.9 Å². The Kier molecular flexibility index (Phi) is 5.26. The minimum absolute atomic E-state index is 0.204. The number of nitrogens with zero attached hydrogens (tertiary/aromatic N) is 3. The predicted molar refractivity (Wildman–Crippen MR) is 114 cm³/mol. The minimum atomic E-state index is -0.204. The molecule has 146 valence electrons. The van der Waals surface area contributed by atoms with Gasteiger partial charge in [0.05, 0.1) is 41.0 Å². The summed E-state index contributed by atoms with van der Waals surface area (Å²) in [5.74, 6) is 0.611. The molecule has 0 saturated carbocycles. The van der Waals surface area contributed by atoms with E-state index in [2.05, 4.69) is 15.6 Å². The molecule has 1 amide bonds. The minimum Gasteiger partial charge on any atom is -0.497 e. The van der Waals surface area contributed by atoms with E-state index in [1.54, 1.807) is 30.0 Å². The summed E-state index contributed by atoms with van der Waals surface area (Å²) in [5, 5.41) is 11.3. The number of ether oxygens (including phenoxy) is 1. The van der Waals surface area contributed by atoms with Crippen LogP contribution in [0, 0.1) is 0 Å². The molecule has 4 rings (SSSR count). The van der Waals surface area contributed by atoms with E-state index in [1.807, 2.05) is 48.7 Å². The van der Waals surface area contributed by atoms with Crippen LogP contribution in [0.25, 0.3) is 10.6 Å². The van der Waals surface area contributed by atoms with Crippen LogP contribution in [-0.2, 0) is 6.54 Å². The summed E-state index contributed by atoms with van der Waals surface area (Å²) in [6, 6.07) is 18.6. The summed E-state index contributed by atoms with van der Waals surface area (Å²) >= 11 is 1.36. The van der Waals surface area contributed by atoms with Crippen molar-refractivity contribution in [3.05, 3.63) is 77.3 Å². The highest BCUT2D eigenvalue weighted by Gasteiger charge is 2.13. The van der Waals surface area contributed by atoms with E-state index in [1.165, 1.54) is 11.3 Å². The molecule has 0 bridgehead atoms. The van der Waals surface area contributed by atoms with Gasteiger partial charge in [0.1, 0.15) is 11.4 Å². The van der Waals surface area contributed by atoms with Gasteiger partial charge < -0.3 is 15.8 Å². The van der Waals surface area contributed by atoms with Gasteiger partial charge in [-0.25, -0.2) is 4.68 Å². The molecule has 0 aliphatic heterocycles. The maximum atomic E-state index is 12.5. The molecule has 2 aromatic heterocycles. The van der Waals surface area contributed by atoms with Gasteiger partial charge in [-0.2, -0.15) is 0 Å². The number of nitrogens with two attached hydrogens (primary N) is 1. The van der Waals surface area contributed by atoms with Gasteiger partial charge in [0, 0.05) is 0 Å². The van der Waals surface area contributed by atoms with Crippen molar-refractivity contribution in [1.29, 1.82) is 0 Å². The molecule has 0 spiro atoms. The highest BCUT2D eigenvalue weighted by molar-refractivity contribution is 7.17. The molecule has 4 aromatic rings. The first-order valence-electron chi connectivity index (χ1n) is 8.91. The third-order valence-electron chi connectivity index (χ3n) is 4.33. The Bertz CT molecular complexity index is 1130. The number of rotatable bonds is 6. The largest absolute Gasteiger partial charge is 0.497 e. The van der Waals surface area contributed by atoms with Crippen molar-refractivity contribution in [3.8, 4) is 16.3 Å². The second-order valence-electron chi connectivity index (χ2n) is 6.35. The van der Waals surface area contributed by atoms with Crippen LogP contribution in [0.15, 0.2) is 66.9 Å². The molecular weight excluding hydrogens is 386 g/mol. The summed E-state index contributed by atoms with van der Waals surface area (Å²) in [4.78, 5) is 14.0. The van der Waals surface area contributed by atoms with Gasteiger partial charge in [-0.1, -0.05) is 29.5 Å². The van der Waals surface area contributed by atoms with Crippen LogP contribution in [0.5, 0.6) is 5.75 Å². The molecule has 0 saturated heterocycles. The van der Waals surface area contributed by atoms with Crippen molar-refractivity contribution in [2.45, 2.75) is 6.54 Å². The average Bonchev–Trinajstić information content (AvgIpc) is 3.40. The number of methoxy groups -OCH3 is 1.